The summed E-state index contributed by atoms with van der Waals surface area (Å²) in [6, 6.07) is 0. The summed E-state index contributed by atoms with van der Waals surface area (Å²) in [5.41, 5.74) is 0. The lowest BCUT2D eigenvalue weighted by molar-refractivity contribution is -0.360. The number of unbranched alkanes of at least 4 members (excludes halogenated alkanes) is 32. The summed E-state index contributed by atoms with van der Waals surface area (Å²) in [5.74, 6) is -2.01. The van der Waals surface area contributed by atoms with E-state index in [-0.39, 0.29) is 19.3 Å². The molecule has 3 aliphatic rings. The van der Waals surface area contributed by atoms with E-state index in [4.69, 9.17) is 42.2 Å². The van der Waals surface area contributed by atoms with E-state index in [2.05, 4.69) is 45.1 Å². The topological polar surface area (TPSA) is 374 Å². The van der Waals surface area contributed by atoms with Crippen molar-refractivity contribution < 1.29 is 117 Å². The second-order valence-electron chi connectivity index (χ2n) is 26.7. The first-order valence-electron chi connectivity index (χ1n) is 37.1. The highest BCUT2D eigenvalue weighted by Gasteiger charge is 2.58. The number of carbonyl (C=O) groups excluding carboxylic acids is 3. The van der Waals surface area contributed by atoms with Crippen molar-refractivity contribution in [2.24, 2.45) is 0 Å². The van der Waals surface area contributed by atoms with E-state index in [1.807, 2.05) is 0 Å². The van der Waals surface area contributed by atoms with E-state index in [1.54, 1.807) is 0 Å². The van der Waals surface area contributed by atoms with Gasteiger partial charge in [0.2, 0.25) is 0 Å². The fraction of sp³-hybridized carbons (Fsp3) is 0.901. The van der Waals surface area contributed by atoms with Gasteiger partial charge in [0, 0.05) is 19.3 Å². The standard InChI is InChI=1S/C71H129O24P/c1-4-7-10-13-16-19-22-25-27-29-32-34-37-40-43-46-56(74)88-51-54-59(77)61(79)66(84)71(92-54)94-68-64(82)62(80)63(81)67(93-70-65(83)60(78)58(76)53(48-72)91-70)69(68)95-96(85,86)89-50-52(90-57(75)47-44-41-38-35-30-24-21-18-15-12-9-6-3)49-87-55(73)45-42-39-36-33-31-28-26-23-20-17-14-11-8-5-2/h19,22,28,31,52-54,58-72,76-84H,4-18,20-21,23-27,29-30,32-51H2,1-3H3,(H,85,86)/b22-19-,31-28-. The van der Waals surface area contributed by atoms with Crippen molar-refractivity contribution in [2.75, 3.05) is 26.4 Å². The van der Waals surface area contributed by atoms with E-state index in [0.29, 0.717) is 19.3 Å². The zero-order valence-electron chi connectivity index (χ0n) is 58.4. The average molecular weight is 1400 g/mol. The highest BCUT2D eigenvalue weighted by atomic mass is 31.2. The molecule has 18 atom stereocenters. The van der Waals surface area contributed by atoms with Gasteiger partial charge in [-0.3, -0.25) is 23.4 Å². The molecule has 0 aromatic rings. The van der Waals surface area contributed by atoms with Crippen LogP contribution in [0, 0.1) is 0 Å². The number of phosphoric ester groups is 1. The van der Waals surface area contributed by atoms with Gasteiger partial charge in [0.25, 0.3) is 0 Å². The first-order valence-corrected chi connectivity index (χ1v) is 38.6. The molecule has 96 heavy (non-hydrogen) atoms. The van der Waals surface area contributed by atoms with Gasteiger partial charge >= 0.3 is 25.7 Å². The van der Waals surface area contributed by atoms with Crippen LogP contribution in [0.3, 0.4) is 0 Å². The molecule has 1 aliphatic carbocycles. The molecule has 0 radical (unpaired) electrons. The summed E-state index contributed by atoms with van der Waals surface area (Å²) < 4.78 is 64.9. The van der Waals surface area contributed by atoms with Crippen molar-refractivity contribution in [3.05, 3.63) is 24.3 Å². The molecule has 2 saturated heterocycles. The van der Waals surface area contributed by atoms with E-state index >= 15 is 0 Å². The van der Waals surface area contributed by atoms with Gasteiger partial charge in [-0.25, -0.2) is 4.57 Å². The minimum atomic E-state index is -5.70. The number of ether oxygens (including phenoxy) is 7. The molecule has 2 aliphatic heterocycles. The Labute approximate surface area is 573 Å². The van der Waals surface area contributed by atoms with Gasteiger partial charge in [-0.15, -0.1) is 0 Å². The average Bonchev–Trinajstić information content (AvgIpc) is 0.764. The van der Waals surface area contributed by atoms with Crippen molar-refractivity contribution in [3.8, 4) is 0 Å². The number of phosphoric acid groups is 1. The first-order chi connectivity index (χ1) is 46.3. The van der Waals surface area contributed by atoms with Crippen molar-refractivity contribution in [3.63, 3.8) is 0 Å². The first kappa shape index (κ1) is 87.7. The van der Waals surface area contributed by atoms with Gasteiger partial charge in [-0.2, -0.15) is 0 Å². The largest absolute Gasteiger partial charge is 0.472 e. The Bertz CT molecular complexity index is 2090. The van der Waals surface area contributed by atoms with Crippen LogP contribution in [0.5, 0.6) is 0 Å². The molecule has 24 nitrogen and oxygen atoms in total. The van der Waals surface area contributed by atoms with Gasteiger partial charge in [0.1, 0.15) is 98.7 Å². The van der Waals surface area contributed by atoms with Gasteiger partial charge in [0.15, 0.2) is 18.7 Å². The van der Waals surface area contributed by atoms with E-state index in [0.717, 1.165) is 116 Å². The SMILES string of the molecule is CCCCCC/C=C\CCCCCCCCCC(=O)OCC1OC(OC2C(O)C(O)C(O)C(OC3OC(CO)C(O)C(O)C3O)C2OP(=O)(O)OCC(COC(=O)CCCCC/C=C\CCCCCCCCC)OC(=O)CCCCCCCCCCCCCC)C(O)C(O)C1O. The summed E-state index contributed by atoms with van der Waals surface area (Å²) in [6.07, 6.45) is 12.6. The highest BCUT2D eigenvalue weighted by molar-refractivity contribution is 7.47. The molecule has 562 valence electrons. The number of hydrogen-bond acceptors (Lipinski definition) is 23. The predicted molar refractivity (Wildman–Crippen MR) is 361 cm³/mol. The molecule has 0 aromatic carbocycles. The molecular formula is C71H129O24P. The molecular weight excluding hydrogens is 1270 g/mol. The number of aliphatic hydroxyl groups is 10. The Morgan fingerprint density at radius 2 is 0.729 bits per heavy atom. The van der Waals surface area contributed by atoms with Crippen LogP contribution >= 0.6 is 7.82 Å². The Morgan fingerprint density at radius 1 is 0.396 bits per heavy atom. The summed E-state index contributed by atoms with van der Waals surface area (Å²) in [5, 5.41) is 110. The second-order valence-corrected chi connectivity index (χ2v) is 28.1. The molecule has 1 saturated carbocycles. The van der Waals surface area contributed by atoms with Gasteiger partial charge in [-0.1, -0.05) is 212 Å². The second kappa shape index (κ2) is 53.3. The molecule has 3 rings (SSSR count). The minimum Gasteiger partial charge on any atom is -0.463 e. The lowest BCUT2D eigenvalue weighted by atomic mass is 9.84. The number of rotatable bonds is 57. The zero-order chi connectivity index (χ0) is 70.4. The van der Waals surface area contributed by atoms with Crippen LogP contribution < -0.4 is 0 Å². The number of hydrogen-bond donors (Lipinski definition) is 11. The Morgan fingerprint density at radius 3 is 1.15 bits per heavy atom. The number of allylic oxidation sites excluding steroid dienone is 4. The summed E-state index contributed by atoms with van der Waals surface area (Å²) in [6.45, 7) is 3.40. The van der Waals surface area contributed by atoms with Crippen LogP contribution in [0.1, 0.15) is 278 Å². The minimum absolute atomic E-state index is 0.0231. The van der Waals surface area contributed by atoms with Gasteiger partial charge in [-0.05, 0) is 70.6 Å². The highest BCUT2D eigenvalue weighted by Crippen LogP contribution is 2.49. The summed E-state index contributed by atoms with van der Waals surface area (Å²) >= 11 is 0. The molecule has 0 bridgehead atoms. The number of esters is 3. The van der Waals surface area contributed by atoms with Gasteiger partial charge in [0.05, 0.1) is 13.2 Å². The summed E-state index contributed by atoms with van der Waals surface area (Å²) in [7, 11) is -5.70. The van der Waals surface area contributed by atoms with Crippen molar-refractivity contribution in [1.82, 2.24) is 0 Å². The maximum Gasteiger partial charge on any atom is 0.472 e. The molecule has 11 N–H and O–H groups in total. The predicted octanol–water partition coefficient (Wildman–Crippen LogP) is 9.74. The van der Waals surface area contributed by atoms with Crippen LogP contribution in [0.15, 0.2) is 24.3 Å². The molecule has 3 fully saturated rings. The number of aliphatic hydroxyl groups excluding tert-OH is 10. The molecule has 0 amide bonds. The smallest absolute Gasteiger partial charge is 0.463 e. The fourth-order valence-electron chi connectivity index (χ4n) is 12.1. The van der Waals surface area contributed by atoms with Crippen molar-refractivity contribution >= 4 is 25.7 Å². The molecule has 18 unspecified atom stereocenters. The van der Waals surface area contributed by atoms with Crippen LogP contribution in [0.25, 0.3) is 0 Å². The maximum absolute atomic E-state index is 14.3. The van der Waals surface area contributed by atoms with Crippen molar-refractivity contribution in [1.29, 1.82) is 0 Å². The molecule has 2 heterocycles. The maximum atomic E-state index is 14.3. The Hall–Kier alpha value is -2.56. The fourth-order valence-corrected chi connectivity index (χ4v) is 13.1. The molecule has 25 heteroatoms. The van der Waals surface area contributed by atoms with E-state index < -0.39 is 156 Å². The van der Waals surface area contributed by atoms with Crippen molar-refractivity contribution in [2.45, 2.75) is 382 Å². The molecule has 0 aromatic heterocycles. The lowest BCUT2D eigenvalue weighted by Gasteiger charge is -2.49. The van der Waals surface area contributed by atoms with E-state index in [1.165, 1.54) is 103 Å². The third kappa shape index (κ3) is 36.4. The van der Waals surface area contributed by atoms with Crippen LogP contribution in [-0.2, 0) is 61.2 Å². The Balaban J connectivity index is 1.74. The van der Waals surface area contributed by atoms with Crippen LogP contribution in [-0.4, -0.2) is 204 Å². The number of carbonyl (C=O) groups is 3. The van der Waals surface area contributed by atoms with Crippen LogP contribution in [0.4, 0.5) is 0 Å². The lowest BCUT2D eigenvalue weighted by Crippen LogP contribution is -2.69. The van der Waals surface area contributed by atoms with Crippen LogP contribution in [0.2, 0.25) is 0 Å². The normalized spacial score (nSPS) is 28.1. The third-order valence-corrected chi connectivity index (χ3v) is 19.2. The Kier molecular flexibility index (Phi) is 48.7. The van der Waals surface area contributed by atoms with Gasteiger partial charge < -0.3 is 89.1 Å². The monoisotopic (exact) mass is 1400 g/mol. The quantitative estimate of drug-likeness (QED) is 0.00886. The summed E-state index contributed by atoms with van der Waals surface area (Å²) in [4.78, 5) is 50.9. The molecule has 0 spiro atoms. The van der Waals surface area contributed by atoms with E-state index in [9.17, 15) is 74.9 Å². The zero-order valence-corrected chi connectivity index (χ0v) is 59.3. The third-order valence-electron chi connectivity index (χ3n) is 18.2.